The number of aliphatic hydroxyl groups is 1. The van der Waals surface area contributed by atoms with Crippen LogP contribution < -0.4 is 0 Å². The summed E-state index contributed by atoms with van der Waals surface area (Å²) in [7, 11) is -1.41. The van der Waals surface area contributed by atoms with Crippen LogP contribution in [0.4, 0.5) is 0 Å². The lowest BCUT2D eigenvalue weighted by atomic mass is 10.0. The molecule has 0 amide bonds. The van der Waals surface area contributed by atoms with E-state index in [4.69, 9.17) is 0 Å². The van der Waals surface area contributed by atoms with Crippen LogP contribution in [0.2, 0.25) is 0 Å². The van der Waals surface area contributed by atoms with Crippen LogP contribution in [0.1, 0.15) is 26.1 Å². The van der Waals surface area contributed by atoms with Crippen molar-refractivity contribution in [3.8, 4) is 0 Å². The number of nitrogens with zero attached hydrogens (tertiary/aromatic N) is 2. The molecule has 98 valence electrons. The zero-order chi connectivity index (χ0) is 13.3. The van der Waals surface area contributed by atoms with E-state index >= 15 is 0 Å². The number of aromatic nitrogens is 2. The van der Waals surface area contributed by atoms with Crippen molar-refractivity contribution in [2.45, 2.75) is 37.5 Å². The number of hydrogen-bond donors (Lipinski definition) is 1. The molecule has 0 aliphatic heterocycles. The van der Waals surface area contributed by atoms with Crippen molar-refractivity contribution in [2.24, 2.45) is 7.05 Å². The average Bonchev–Trinajstić information content (AvgIpc) is 2.58. The minimum Gasteiger partial charge on any atom is -0.391 e. The van der Waals surface area contributed by atoms with Gasteiger partial charge in [-0.25, -0.2) is 13.4 Å². The standard InChI is InChI=1S/C11H20N2O3S/c1-11(2,17(4,15)16)9(14)5-6-10-12-7-8-13(10)3/h7-9,14H,5-6H2,1-4H3. The van der Waals surface area contributed by atoms with Crippen LogP contribution >= 0.6 is 0 Å². The number of aliphatic hydroxyl groups excluding tert-OH is 1. The molecule has 0 aliphatic carbocycles. The number of aryl methyl sites for hydroxylation is 2. The van der Waals surface area contributed by atoms with Crippen LogP contribution in [0.25, 0.3) is 0 Å². The minimum absolute atomic E-state index is 0.380. The highest BCUT2D eigenvalue weighted by atomic mass is 32.2. The van der Waals surface area contributed by atoms with Gasteiger partial charge in [0.25, 0.3) is 0 Å². The highest BCUT2D eigenvalue weighted by molar-refractivity contribution is 7.92. The zero-order valence-corrected chi connectivity index (χ0v) is 11.5. The Hall–Kier alpha value is -0.880. The minimum atomic E-state index is -3.28. The van der Waals surface area contributed by atoms with Gasteiger partial charge in [-0.05, 0) is 20.3 Å². The molecule has 0 spiro atoms. The fourth-order valence-electron chi connectivity index (χ4n) is 1.50. The molecule has 0 aromatic carbocycles. The average molecular weight is 260 g/mol. The van der Waals surface area contributed by atoms with Gasteiger partial charge in [-0.2, -0.15) is 0 Å². The van der Waals surface area contributed by atoms with E-state index < -0.39 is 20.7 Å². The maximum atomic E-state index is 11.5. The van der Waals surface area contributed by atoms with Crippen LogP contribution in [0.15, 0.2) is 12.4 Å². The molecule has 0 aliphatic rings. The molecule has 6 heteroatoms. The van der Waals surface area contributed by atoms with Gasteiger partial charge in [0.2, 0.25) is 0 Å². The summed E-state index contributed by atoms with van der Waals surface area (Å²) in [5.41, 5.74) is 0. The van der Waals surface area contributed by atoms with Crippen LogP contribution in [-0.4, -0.2) is 40.2 Å². The molecule has 1 heterocycles. The third-order valence-electron chi connectivity index (χ3n) is 3.32. The Morgan fingerprint density at radius 3 is 2.53 bits per heavy atom. The lowest BCUT2D eigenvalue weighted by molar-refractivity contribution is 0.128. The van der Waals surface area contributed by atoms with E-state index in [0.717, 1.165) is 12.1 Å². The van der Waals surface area contributed by atoms with E-state index in [9.17, 15) is 13.5 Å². The molecule has 1 rings (SSSR count). The van der Waals surface area contributed by atoms with Crippen molar-refractivity contribution in [2.75, 3.05) is 6.26 Å². The quantitative estimate of drug-likeness (QED) is 0.838. The Bertz CT molecular complexity index is 477. The number of sulfone groups is 1. The normalized spacial score (nSPS) is 14.9. The van der Waals surface area contributed by atoms with E-state index in [1.165, 1.54) is 0 Å². The van der Waals surface area contributed by atoms with Gasteiger partial charge in [-0.15, -0.1) is 0 Å². The van der Waals surface area contributed by atoms with Crippen molar-refractivity contribution in [3.05, 3.63) is 18.2 Å². The van der Waals surface area contributed by atoms with Crippen LogP contribution in [0.5, 0.6) is 0 Å². The summed E-state index contributed by atoms with van der Waals surface area (Å²) in [6, 6.07) is 0. The molecule has 1 atom stereocenters. The smallest absolute Gasteiger partial charge is 0.155 e. The topological polar surface area (TPSA) is 72.2 Å². The molecule has 1 aromatic heterocycles. The van der Waals surface area contributed by atoms with Crippen LogP contribution in [0, 0.1) is 0 Å². The predicted molar refractivity (Wildman–Crippen MR) is 66.5 cm³/mol. The molecule has 0 saturated heterocycles. The molecule has 0 saturated carbocycles. The van der Waals surface area contributed by atoms with Gasteiger partial charge >= 0.3 is 0 Å². The van der Waals surface area contributed by atoms with Crippen molar-refractivity contribution >= 4 is 9.84 Å². The molecule has 0 bridgehead atoms. The Balaban J connectivity index is 2.68. The number of hydrogen-bond acceptors (Lipinski definition) is 4. The van der Waals surface area contributed by atoms with Gasteiger partial charge in [0.05, 0.1) is 10.9 Å². The fraction of sp³-hybridized carbons (Fsp3) is 0.727. The van der Waals surface area contributed by atoms with Crippen molar-refractivity contribution in [3.63, 3.8) is 0 Å². The lowest BCUT2D eigenvalue weighted by Gasteiger charge is -2.28. The molecule has 1 aromatic rings. The summed E-state index contributed by atoms with van der Waals surface area (Å²) in [6.45, 7) is 3.09. The molecule has 0 radical (unpaired) electrons. The fourth-order valence-corrected chi connectivity index (χ4v) is 2.11. The SMILES string of the molecule is Cn1ccnc1CCC(O)C(C)(C)S(C)(=O)=O. The Morgan fingerprint density at radius 1 is 1.53 bits per heavy atom. The summed E-state index contributed by atoms with van der Waals surface area (Å²) >= 11 is 0. The summed E-state index contributed by atoms with van der Waals surface area (Å²) in [6.07, 6.45) is 4.70. The molecule has 1 unspecified atom stereocenters. The Labute approximate surface area is 102 Å². The van der Waals surface area contributed by atoms with Gasteiger partial charge in [-0.1, -0.05) is 0 Å². The molecule has 5 nitrogen and oxygen atoms in total. The molecular formula is C11H20N2O3S. The highest BCUT2D eigenvalue weighted by Gasteiger charge is 2.37. The van der Waals surface area contributed by atoms with Gasteiger partial charge < -0.3 is 9.67 Å². The van der Waals surface area contributed by atoms with Crippen LogP contribution in [-0.2, 0) is 23.3 Å². The molecule has 17 heavy (non-hydrogen) atoms. The van der Waals surface area contributed by atoms with Crippen molar-refractivity contribution < 1.29 is 13.5 Å². The first-order valence-electron chi connectivity index (χ1n) is 5.50. The van der Waals surface area contributed by atoms with E-state index in [1.807, 2.05) is 17.8 Å². The third kappa shape index (κ3) is 3.07. The van der Waals surface area contributed by atoms with Crippen molar-refractivity contribution in [1.29, 1.82) is 0 Å². The first kappa shape index (κ1) is 14.2. The van der Waals surface area contributed by atoms with E-state index in [2.05, 4.69) is 4.98 Å². The van der Waals surface area contributed by atoms with E-state index in [0.29, 0.717) is 12.8 Å². The second kappa shape index (κ2) is 4.78. The van der Waals surface area contributed by atoms with Crippen LogP contribution in [0.3, 0.4) is 0 Å². The zero-order valence-electron chi connectivity index (χ0n) is 10.7. The Kier molecular flexibility index (Phi) is 3.99. The van der Waals surface area contributed by atoms with Gasteiger partial charge in [0, 0.05) is 32.1 Å². The first-order valence-corrected chi connectivity index (χ1v) is 7.39. The lowest BCUT2D eigenvalue weighted by Crippen LogP contribution is -2.43. The largest absolute Gasteiger partial charge is 0.391 e. The first-order chi connectivity index (χ1) is 7.66. The molecular weight excluding hydrogens is 240 g/mol. The molecule has 0 fully saturated rings. The monoisotopic (exact) mass is 260 g/mol. The summed E-state index contributed by atoms with van der Waals surface area (Å²) in [5.74, 6) is 0.841. The number of imidazole rings is 1. The van der Waals surface area contributed by atoms with E-state index in [-0.39, 0.29) is 0 Å². The van der Waals surface area contributed by atoms with E-state index in [1.54, 1.807) is 20.0 Å². The summed E-state index contributed by atoms with van der Waals surface area (Å²) in [4.78, 5) is 4.13. The maximum absolute atomic E-state index is 11.5. The second-order valence-corrected chi connectivity index (χ2v) is 7.48. The summed E-state index contributed by atoms with van der Waals surface area (Å²) in [5, 5.41) is 9.99. The predicted octanol–water partition coefficient (Wildman–Crippen LogP) is 0.537. The molecule has 1 N–H and O–H groups in total. The highest BCUT2D eigenvalue weighted by Crippen LogP contribution is 2.23. The Morgan fingerprint density at radius 2 is 2.12 bits per heavy atom. The van der Waals surface area contributed by atoms with Crippen molar-refractivity contribution in [1.82, 2.24) is 9.55 Å². The summed E-state index contributed by atoms with van der Waals surface area (Å²) < 4.78 is 23.8. The van der Waals surface area contributed by atoms with Gasteiger partial charge in [0.1, 0.15) is 5.82 Å². The third-order valence-corrected chi connectivity index (χ3v) is 5.50. The second-order valence-electron chi connectivity index (χ2n) is 4.88. The maximum Gasteiger partial charge on any atom is 0.155 e. The number of rotatable bonds is 5. The van der Waals surface area contributed by atoms with Gasteiger partial charge in [-0.3, -0.25) is 0 Å². The van der Waals surface area contributed by atoms with Gasteiger partial charge in [0.15, 0.2) is 9.84 Å².